The number of carbonyl (C=O) groups is 2. The lowest BCUT2D eigenvalue weighted by Gasteiger charge is -2.04. The number of ether oxygens (including phenoxy) is 1. The van der Waals surface area contributed by atoms with Crippen LogP contribution >= 0.6 is 34.3 Å². The number of hydrogen-bond acceptors (Lipinski definition) is 7. The number of aromatic nitrogens is 3. The predicted molar refractivity (Wildman–Crippen MR) is 119 cm³/mol. The molecule has 0 atom stereocenters. The fourth-order valence-corrected chi connectivity index (χ4v) is 5.08. The van der Waals surface area contributed by atoms with Crippen LogP contribution in [0, 0.1) is 13.8 Å². The molecule has 1 aromatic carbocycles. The maximum atomic E-state index is 12.8. The number of benzene rings is 1. The van der Waals surface area contributed by atoms with Gasteiger partial charge in [-0.05, 0) is 39.0 Å². The summed E-state index contributed by atoms with van der Waals surface area (Å²) in [5.74, 6) is -0.740. The quantitative estimate of drug-likeness (QED) is 0.411. The van der Waals surface area contributed by atoms with E-state index in [0.29, 0.717) is 25.6 Å². The normalized spacial score (nSPS) is 11.1. The molecule has 10 heteroatoms. The first kappa shape index (κ1) is 20.5. The molecule has 0 unspecified atom stereocenters. The summed E-state index contributed by atoms with van der Waals surface area (Å²) in [5, 5.41) is 9.15. The van der Waals surface area contributed by atoms with Crippen molar-refractivity contribution in [2.45, 2.75) is 20.8 Å². The van der Waals surface area contributed by atoms with E-state index in [1.165, 1.54) is 11.3 Å². The summed E-state index contributed by atoms with van der Waals surface area (Å²) in [7, 11) is 0. The predicted octanol–water partition coefficient (Wildman–Crippen LogP) is 5.24. The van der Waals surface area contributed by atoms with Gasteiger partial charge in [-0.3, -0.25) is 10.1 Å². The highest BCUT2D eigenvalue weighted by Gasteiger charge is 2.21. The third-order valence-electron chi connectivity index (χ3n) is 4.33. The van der Waals surface area contributed by atoms with Gasteiger partial charge < -0.3 is 4.74 Å². The fraction of sp³-hybridized carbons (Fsp3) is 0.200. The summed E-state index contributed by atoms with van der Waals surface area (Å²) in [4.78, 5) is 30.8. The van der Waals surface area contributed by atoms with Gasteiger partial charge in [-0.15, -0.1) is 11.3 Å². The Morgan fingerprint density at radius 1 is 1.20 bits per heavy atom. The van der Waals surface area contributed by atoms with Gasteiger partial charge >= 0.3 is 5.97 Å². The Morgan fingerprint density at radius 2 is 1.97 bits per heavy atom. The van der Waals surface area contributed by atoms with Crippen LogP contribution in [-0.4, -0.2) is 33.2 Å². The molecule has 1 amide bonds. The number of hydrogen-bond donors (Lipinski definition) is 1. The van der Waals surface area contributed by atoms with Crippen LogP contribution < -0.4 is 5.32 Å². The molecule has 7 nitrogen and oxygen atoms in total. The largest absolute Gasteiger partial charge is 0.462 e. The second-order valence-corrected chi connectivity index (χ2v) is 8.82. The van der Waals surface area contributed by atoms with Crippen molar-refractivity contribution in [1.29, 1.82) is 0 Å². The summed E-state index contributed by atoms with van der Waals surface area (Å²) in [6.07, 6.45) is 0. The van der Waals surface area contributed by atoms with Gasteiger partial charge in [0.25, 0.3) is 5.91 Å². The molecule has 0 saturated carbocycles. The minimum atomic E-state index is -0.440. The Labute approximate surface area is 185 Å². The number of esters is 1. The molecule has 0 spiro atoms. The molecule has 4 rings (SSSR count). The number of aryl methyl sites for hydroxylation is 2. The Bertz CT molecular complexity index is 1270. The minimum Gasteiger partial charge on any atom is -0.462 e. The van der Waals surface area contributed by atoms with Crippen LogP contribution in [0.25, 0.3) is 15.9 Å². The zero-order chi connectivity index (χ0) is 21.4. The first-order valence-electron chi connectivity index (χ1n) is 9.09. The van der Waals surface area contributed by atoms with Crippen molar-refractivity contribution in [3.8, 4) is 5.69 Å². The SMILES string of the molecule is CCOC(=O)c1sc(NC(=O)c2cc3c(C)nn(-c4ccccc4Cl)c3s2)nc1C. The average Bonchev–Trinajstić information content (AvgIpc) is 3.38. The van der Waals surface area contributed by atoms with Gasteiger partial charge in [0.05, 0.1) is 33.6 Å². The first-order valence-corrected chi connectivity index (χ1v) is 11.1. The number of amides is 1. The highest BCUT2D eigenvalue weighted by Crippen LogP contribution is 2.33. The van der Waals surface area contributed by atoms with Crippen LogP contribution in [-0.2, 0) is 4.74 Å². The van der Waals surface area contributed by atoms with E-state index >= 15 is 0 Å². The molecule has 0 radical (unpaired) electrons. The van der Waals surface area contributed by atoms with E-state index in [2.05, 4.69) is 15.4 Å². The summed E-state index contributed by atoms with van der Waals surface area (Å²) in [5.41, 5.74) is 2.07. The van der Waals surface area contributed by atoms with Crippen LogP contribution in [0.2, 0.25) is 5.02 Å². The highest BCUT2D eigenvalue weighted by molar-refractivity contribution is 7.21. The number of fused-ring (bicyclic) bond motifs is 1. The van der Waals surface area contributed by atoms with Crippen molar-refractivity contribution in [1.82, 2.24) is 14.8 Å². The molecular formula is C20H17ClN4O3S2. The number of anilines is 1. The minimum absolute atomic E-state index is 0.279. The van der Waals surface area contributed by atoms with Gasteiger partial charge in [-0.2, -0.15) is 5.10 Å². The number of rotatable bonds is 5. The van der Waals surface area contributed by atoms with E-state index in [0.717, 1.165) is 32.9 Å². The van der Waals surface area contributed by atoms with Gasteiger partial charge in [0, 0.05) is 5.39 Å². The third kappa shape index (κ3) is 3.71. The number of halogens is 1. The maximum absolute atomic E-state index is 12.8. The van der Waals surface area contributed by atoms with Gasteiger partial charge in [0.1, 0.15) is 9.71 Å². The maximum Gasteiger partial charge on any atom is 0.350 e. The highest BCUT2D eigenvalue weighted by atomic mass is 35.5. The first-order chi connectivity index (χ1) is 14.4. The van der Waals surface area contributed by atoms with Gasteiger partial charge in [-0.1, -0.05) is 35.1 Å². The van der Waals surface area contributed by atoms with Crippen LogP contribution in [0.1, 0.15) is 37.7 Å². The molecule has 0 fully saturated rings. The van der Waals surface area contributed by atoms with E-state index in [1.807, 2.05) is 25.1 Å². The molecule has 0 saturated heterocycles. The molecule has 0 aliphatic carbocycles. The summed E-state index contributed by atoms with van der Waals surface area (Å²) < 4.78 is 6.77. The Kier molecular flexibility index (Phi) is 5.59. The number of carbonyl (C=O) groups excluding carboxylic acids is 2. The van der Waals surface area contributed by atoms with Crippen molar-refractivity contribution in [2.75, 3.05) is 11.9 Å². The van der Waals surface area contributed by atoms with Crippen LogP contribution in [0.3, 0.4) is 0 Å². The summed E-state index contributed by atoms with van der Waals surface area (Å²) in [6.45, 7) is 5.62. The zero-order valence-electron chi connectivity index (χ0n) is 16.4. The van der Waals surface area contributed by atoms with Crippen molar-refractivity contribution in [3.63, 3.8) is 0 Å². The van der Waals surface area contributed by atoms with Crippen molar-refractivity contribution < 1.29 is 14.3 Å². The lowest BCUT2D eigenvalue weighted by atomic mass is 10.3. The molecule has 30 heavy (non-hydrogen) atoms. The molecule has 3 heterocycles. The van der Waals surface area contributed by atoms with Crippen molar-refractivity contribution >= 4 is 61.5 Å². The van der Waals surface area contributed by atoms with Gasteiger partial charge in [0.15, 0.2) is 5.13 Å². The molecular weight excluding hydrogens is 444 g/mol. The molecule has 3 aromatic heterocycles. The molecule has 1 N–H and O–H groups in total. The summed E-state index contributed by atoms with van der Waals surface area (Å²) >= 11 is 8.74. The number of thiazole rings is 1. The van der Waals surface area contributed by atoms with Gasteiger partial charge in [0.2, 0.25) is 0 Å². The number of nitrogens with one attached hydrogen (secondary N) is 1. The van der Waals surface area contributed by atoms with Crippen LogP contribution in [0.15, 0.2) is 30.3 Å². The number of nitrogens with zero attached hydrogens (tertiary/aromatic N) is 3. The Hall–Kier alpha value is -2.75. The fourth-order valence-electron chi connectivity index (χ4n) is 2.94. The van der Waals surface area contributed by atoms with Crippen molar-refractivity contribution in [3.05, 3.63) is 56.5 Å². The number of thiophene rings is 1. The third-order valence-corrected chi connectivity index (χ3v) is 6.81. The van der Waals surface area contributed by atoms with Crippen molar-refractivity contribution in [2.24, 2.45) is 0 Å². The summed E-state index contributed by atoms with van der Waals surface area (Å²) in [6, 6.07) is 9.22. The molecule has 0 aliphatic rings. The average molecular weight is 461 g/mol. The Balaban J connectivity index is 1.64. The smallest absolute Gasteiger partial charge is 0.350 e. The molecule has 154 valence electrons. The second-order valence-electron chi connectivity index (χ2n) is 6.39. The number of para-hydroxylation sites is 1. The van der Waals surface area contributed by atoms with Crippen LogP contribution in [0.4, 0.5) is 5.13 Å². The van der Waals surface area contributed by atoms with E-state index in [-0.39, 0.29) is 12.5 Å². The lowest BCUT2D eigenvalue weighted by molar-refractivity contribution is 0.0531. The Morgan fingerprint density at radius 3 is 2.70 bits per heavy atom. The second kappa shape index (κ2) is 8.17. The van der Waals surface area contributed by atoms with E-state index < -0.39 is 5.97 Å². The monoisotopic (exact) mass is 460 g/mol. The lowest BCUT2D eigenvalue weighted by Crippen LogP contribution is -2.09. The van der Waals surface area contributed by atoms with Crippen LogP contribution in [0.5, 0.6) is 0 Å². The molecule has 0 aliphatic heterocycles. The molecule has 4 aromatic rings. The van der Waals surface area contributed by atoms with E-state index in [4.69, 9.17) is 16.3 Å². The standard InChI is InChI=1S/C20H17ClN4O3S2/c1-4-28-19(27)16-11(3)22-20(30-16)23-17(26)15-9-12-10(2)24-25(18(12)29-15)14-8-6-5-7-13(14)21/h5-9H,4H2,1-3H3,(H,22,23,26). The van der Waals surface area contributed by atoms with E-state index in [9.17, 15) is 9.59 Å². The van der Waals surface area contributed by atoms with Gasteiger partial charge in [-0.25, -0.2) is 14.5 Å². The zero-order valence-corrected chi connectivity index (χ0v) is 18.7. The molecule has 0 bridgehead atoms. The topological polar surface area (TPSA) is 86.1 Å². The van der Waals surface area contributed by atoms with E-state index in [1.54, 1.807) is 30.7 Å².